The Balaban J connectivity index is 1.66. The van der Waals surface area contributed by atoms with Crippen LogP contribution in [0.4, 0.5) is 8.78 Å². The standard InChI is InChI=1S/C15H20F2N2O/c16-13-7-11(8-14(17)15(13)20)9-18-5-6-19-4-2-1-3-12(19)10-18/h7-8,12,20H,1-6,9-10H2. The van der Waals surface area contributed by atoms with Crippen LogP contribution in [-0.4, -0.2) is 47.1 Å². The van der Waals surface area contributed by atoms with Gasteiger partial charge in [0.25, 0.3) is 0 Å². The highest BCUT2D eigenvalue weighted by atomic mass is 19.1. The van der Waals surface area contributed by atoms with Gasteiger partial charge in [-0.25, -0.2) is 8.78 Å². The molecule has 1 unspecified atom stereocenters. The molecule has 1 atom stereocenters. The maximum absolute atomic E-state index is 13.3. The Hall–Kier alpha value is -1.20. The highest BCUT2D eigenvalue weighted by Crippen LogP contribution is 2.25. The van der Waals surface area contributed by atoms with E-state index >= 15 is 0 Å². The molecule has 2 fully saturated rings. The van der Waals surface area contributed by atoms with Crippen molar-refractivity contribution in [1.29, 1.82) is 0 Å². The molecule has 1 aromatic carbocycles. The molecule has 110 valence electrons. The van der Waals surface area contributed by atoms with Crippen molar-refractivity contribution in [2.75, 3.05) is 26.2 Å². The van der Waals surface area contributed by atoms with E-state index in [1.54, 1.807) is 0 Å². The number of fused-ring (bicyclic) bond motifs is 1. The van der Waals surface area contributed by atoms with Gasteiger partial charge in [-0.2, -0.15) is 0 Å². The highest BCUT2D eigenvalue weighted by Gasteiger charge is 2.28. The summed E-state index contributed by atoms with van der Waals surface area (Å²) in [5, 5.41) is 9.12. The number of piperazine rings is 1. The van der Waals surface area contributed by atoms with Crippen LogP contribution >= 0.6 is 0 Å². The maximum atomic E-state index is 13.3. The van der Waals surface area contributed by atoms with Crippen molar-refractivity contribution in [1.82, 2.24) is 9.80 Å². The first kappa shape index (κ1) is 13.8. The summed E-state index contributed by atoms with van der Waals surface area (Å²) in [6.45, 7) is 4.65. The van der Waals surface area contributed by atoms with Gasteiger partial charge in [0.2, 0.25) is 0 Å². The molecule has 3 nitrogen and oxygen atoms in total. The lowest BCUT2D eigenvalue weighted by atomic mass is 9.99. The van der Waals surface area contributed by atoms with E-state index in [4.69, 9.17) is 5.11 Å². The van der Waals surface area contributed by atoms with Crippen molar-refractivity contribution in [3.05, 3.63) is 29.3 Å². The second-order valence-electron chi connectivity index (χ2n) is 5.83. The van der Waals surface area contributed by atoms with Gasteiger partial charge in [0.05, 0.1) is 0 Å². The first-order chi connectivity index (χ1) is 9.63. The fourth-order valence-corrected chi connectivity index (χ4v) is 3.33. The number of phenols is 1. The molecule has 1 aromatic rings. The first-order valence-corrected chi connectivity index (χ1v) is 7.27. The third-order valence-corrected chi connectivity index (χ3v) is 4.40. The van der Waals surface area contributed by atoms with Crippen LogP contribution in [-0.2, 0) is 6.54 Å². The molecule has 0 aliphatic carbocycles. The molecule has 0 radical (unpaired) electrons. The maximum Gasteiger partial charge on any atom is 0.187 e. The van der Waals surface area contributed by atoms with E-state index in [2.05, 4.69) is 9.80 Å². The molecule has 0 saturated carbocycles. The van der Waals surface area contributed by atoms with Gasteiger partial charge in [0.15, 0.2) is 17.4 Å². The van der Waals surface area contributed by atoms with Crippen molar-refractivity contribution in [3.63, 3.8) is 0 Å². The van der Waals surface area contributed by atoms with Gasteiger partial charge in [-0.3, -0.25) is 9.80 Å². The van der Waals surface area contributed by atoms with Gasteiger partial charge in [0.1, 0.15) is 0 Å². The fourth-order valence-electron chi connectivity index (χ4n) is 3.33. The van der Waals surface area contributed by atoms with Crippen LogP contribution in [0, 0.1) is 11.6 Å². The summed E-state index contributed by atoms with van der Waals surface area (Å²) in [4.78, 5) is 4.77. The number of aromatic hydroxyl groups is 1. The topological polar surface area (TPSA) is 26.7 Å². The van der Waals surface area contributed by atoms with Crippen LogP contribution in [0.3, 0.4) is 0 Å². The first-order valence-electron chi connectivity index (χ1n) is 7.27. The Labute approximate surface area is 117 Å². The number of hydrogen-bond acceptors (Lipinski definition) is 3. The monoisotopic (exact) mass is 282 g/mol. The van der Waals surface area contributed by atoms with E-state index in [0.717, 1.165) is 19.6 Å². The molecule has 0 aromatic heterocycles. The lowest BCUT2D eigenvalue weighted by Gasteiger charge is -2.44. The second kappa shape index (κ2) is 5.66. The Morgan fingerprint density at radius 3 is 2.60 bits per heavy atom. The summed E-state index contributed by atoms with van der Waals surface area (Å²) in [6, 6.07) is 3.04. The largest absolute Gasteiger partial charge is 0.503 e. The Morgan fingerprint density at radius 2 is 1.85 bits per heavy atom. The predicted molar refractivity (Wildman–Crippen MR) is 72.5 cm³/mol. The molecule has 20 heavy (non-hydrogen) atoms. The highest BCUT2D eigenvalue weighted by molar-refractivity contribution is 5.30. The van der Waals surface area contributed by atoms with Crippen LogP contribution in [0.5, 0.6) is 5.75 Å². The molecular weight excluding hydrogens is 262 g/mol. The predicted octanol–water partition coefficient (Wildman–Crippen LogP) is 2.34. The SMILES string of the molecule is Oc1c(F)cc(CN2CCN3CCCCC3C2)cc1F. The molecule has 0 bridgehead atoms. The van der Waals surface area contributed by atoms with Gasteiger partial charge in [-0.15, -0.1) is 0 Å². The summed E-state index contributed by atoms with van der Waals surface area (Å²) >= 11 is 0. The Kier molecular flexibility index (Phi) is 3.89. The third-order valence-electron chi connectivity index (χ3n) is 4.40. The zero-order valence-corrected chi connectivity index (χ0v) is 11.5. The molecule has 3 rings (SSSR count). The van der Waals surface area contributed by atoms with Crippen LogP contribution in [0.25, 0.3) is 0 Å². The minimum Gasteiger partial charge on any atom is -0.503 e. The number of piperidine rings is 1. The van der Waals surface area contributed by atoms with E-state index in [0.29, 0.717) is 18.2 Å². The normalized spacial score (nSPS) is 24.6. The average Bonchev–Trinajstić information content (AvgIpc) is 2.44. The van der Waals surface area contributed by atoms with E-state index in [1.807, 2.05) is 0 Å². The van der Waals surface area contributed by atoms with Crippen molar-refractivity contribution in [2.45, 2.75) is 31.8 Å². The van der Waals surface area contributed by atoms with Gasteiger partial charge in [-0.05, 0) is 37.1 Å². The summed E-state index contributed by atoms with van der Waals surface area (Å²) in [5.74, 6) is -2.64. The van der Waals surface area contributed by atoms with Gasteiger partial charge >= 0.3 is 0 Å². The molecule has 2 aliphatic heterocycles. The minimum absolute atomic E-state index is 0.540. The molecule has 0 amide bonds. The van der Waals surface area contributed by atoms with Crippen molar-refractivity contribution in [3.8, 4) is 5.75 Å². The number of benzene rings is 1. The molecular formula is C15H20F2N2O. The molecule has 5 heteroatoms. The number of rotatable bonds is 2. The molecule has 2 saturated heterocycles. The summed E-state index contributed by atoms with van der Waals surface area (Å²) in [5.41, 5.74) is 0.585. The van der Waals surface area contributed by atoms with Crippen LogP contribution in [0.15, 0.2) is 12.1 Å². The van der Waals surface area contributed by atoms with E-state index in [-0.39, 0.29) is 0 Å². The molecule has 0 spiro atoms. The average molecular weight is 282 g/mol. The minimum atomic E-state index is -0.883. The van der Waals surface area contributed by atoms with Gasteiger partial charge in [-0.1, -0.05) is 6.42 Å². The van der Waals surface area contributed by atoms with Gasteiger partial charge < -0.3 is 5.11 Å². The number of hydrogen-bond donors (Lipinski definition) is 1. The van der Waals surface area contributed by atoms with E-state index < -0.39 is 17.4 Å². The lowest BCUT2D eigenvalue weighted by molar-refractivity contribution is 0.0456. The smallest absolute Gasteiger partial charge is 0.187 e. The van der Waals surface area contributed by atoms with Crippen molar-refractivity contribution < 1.29 is 13.9 Å². The Bertz CT molecular complexity index is 472. The zero-order valence-electron chi connectivity index (χ0n) is 11.5. The number of halogens is 2. The summed E-state index contributed by atoms with van der Waals surface area (Å²) in [6.07, 6.45) is 3.77. The fraction of sp³-hybridized carbons (Fsp3) is 0.600. The molecule has 1 N–H and O–H groups in total. The quantitative estimate of drug-likeness (QED) is 0.902. The lowest BCUT2D eigenvalue weighted by Crippen LogP contribution is -2.54. The number of nitrogens with zero attached hydrogens (tertiary/aromatic N) is 2. The number of phenolic OH excluding ortho intramolecular Hbond substituents is 1. The van der Waals surface area contributed by atoms with Gasteiger partial charge in [0, 0.05) is 32.2 Å². The molecule has 2 heterocycles. The van der Waals surface area contributed by atoms with Crippen LogP contribution in [0.2, 0.25) is 0 Å². The second-order valence-corrected chi connectivity index (χ2v) is 5.83. The zero-order chi connectivity index (χ0) is 14.1. The van der Waals surface area contributed by atoms with E-state index in [1.165, 1.54) is 37.9 Å². The Morgan fingerprint density at radius 1 is 1.10 bits per heavy atom. The van der Waals surface area contributed by atoms with Crippen molar-refractivity contribution >= 4 is 0 Å². The summed E-state index contributed by atoms with van der Waals surface area (Å²) in [7, 11) is 0. The van der Waals surface area contributed by atoms with Crippen LogP contribution in [0.1, 0.15) is 24.8 Å². The third kappa shape index (κ3) is 2.79. The summed E-state index contributed by atoms with van der Waals surface area (Å²) < 4.78 is 26.7. The molecule has 2 aliphatic rings. The van der Waals surface area contributed by atoms with E-state index in [9.17, 15) is 8.78 Å². The van der Waals surface area contributed by atoms with Crippen LogP contribution < -0.4 is 0 Å². The van der Waals surface area contributed by atoms with Crippen molar-refractivity contribution in [2.24, 2.45) is 0 Å².